The van der Waals surface area contributed by atoms with E-state index in [1.165, 1.54) is 44.2 Å². The Morgan fingerprint density at radius 3 is 2.27 bits per heavy atom. The van der Waals surface area contributed by atoms with Gasteiger partial charge in [0.2, 0.25) is 5.71 Å². The fourth-order valence-electron chi connectivity index (χ4n) is 6.65. The van der Waals surface area contributed by atoms with E-state index >= 15 is 0 Å². The minimum atomic E-state index is 0. The van der Waals surface area contributed by atoms with Crippen LogP contribution in [0.25, 0.3) is 77.6 Å². The molecule has 0 unspecified atom stereocenters. The van der Waals surface area contributed by atoms with Crippen molar-refractivity contribution in [2.45, 2.75) is 27.7 Å². The summed E-state index contributed by atoms with van der Waals surface area (Å²) in [5.41, 5.74) is 14.5. The van der Waals surface area contributed by atoms with Crippen molar-refractivity contribution in [3.05, 3.63) is 174 Å². The predicted molar refractivity (Wildman–Crippen MR) is 209 cm³/mol. The van der Waals surface area contributed by atoms with Gasteiger partial charge in [-0.25, -0.2) is 4.98 Å². The maximum atomic E-state index is 6.16. The van der Waals surface area contributed by atoms with Gasteiger partial charge in [0, 0.05) is 43.6 Å². The van der Waals surface area contributed by atoms with Gasteiger partial charge in [0.15, 0.2) is 0 Å². The maximum Gasteiger partial charge on any atom is 0.216 e. The summed E-state index contributed by atoms with van der Waals surface area (Å²) < 4.78 is 6.16. The summed E-state index contributed by atoms with van der Waals surface area (Å²) in [6, 6.07) is 50.5. The van der Waals surface area contributed by atoms with Gasteiger partial charge in [-0.15, -0.1) is 47.5 Å². The molecular formula is C47H35IrN3O-2. The van der Waals surface area contributed by atoms with Crippen molar-refractivity contribution in [3.63, 3.8) is 0 Å². The fourth-order valence-corrected chi connectivity index (χ4v) is 6.65. The van der Waals surface area contributed by atoms with Crippen LogP contribution in [-0.4, -0.2) is 15.0 Å². The van der Waals surface area contributed by atoms with E-state index in [0.717, 1.165) is 50.1 Å². The molecule has 0 atom stereocenters. The largest absolute Gasteiger partial charge is 0.486 e. The number of rotatable bonds is 4. The Balaban J connectivity index is 0.000000174. The van der Waals surface area contributed by atoms with Crippen LogP contribution in [0.4, 0.5) is 0 Å². The topological polar surface area (TPSA) is 51.8 Å². The average molecular weight is 850 g/mol. The van der Waals surface area contributed by atoms with Gasteiger partial charge in [0.1, 0.15) is 0 Å². The molecule has 5 aromatic carbocycles. The molecule has 0 fully saturated rings. The molecule has 255 valence electrons. The number of hydrogen-bond acceptors (Lipinski definition) is 4. The molecule has 52 heavy (non-hydrogen) atoms. The molecule has 4 nitrogen and oxygen atoms in total. The Labute approximate surface area is 317 Å². The minimum absolute atomic E-state index is 0. The van der Waals surface area contributed by atoms with Crippen molar-refractivity contribution in [1.82, 2.24) is 15.0 Å². The van der Waals surface area contributed by atoms with Gasteiger partial charge in [0.25, 0.3) is 0 Å². The van der Waals surface area contributed by atoms with Gasteiger partial charge in [-0.1, -0.05) is 108 Å². The zero-order valence-electron chi connectivity index (χ0n) is 29.4. The van der Waals surface area contributed by atoms with Crippen molar-refractivity contribution >= 4 is 32.8 Å². The molecule has 0 N–H and O–H groups in total. The molecule has 9 aromatic rings. The molecule has 4 aromatic heterocycles. The fraction of sp³-hybridized carbons (Fsp3) is 0.0851. The molecule has 0 saturated carbocycles. The third-order valence-electron chi connectivity index (χ3n) is 9.39. The molecule has 0 bridgehead atoms. The van der Waals surface area contributed by atoms with Crippen LogP contribution in [0.3, 0.4) is 0 Å². The summed E-state index contributed by atoms with van der Waals surface area (Å²) in [6.07, 6.45) is 3.75. The molecule has 9 rings (SSSR count). The first-order valence-electron chi connectivity index (χ1n) is 17.1. The Bertz CT molecular complexity index is 2680. The normalized spacial score (nSPS) is 10.9. The first kappa shape index (κ1) is 34.7. The van der Waals surface area contributed by atoms with Gasteiger partial charge in [-0.05, 0) is 88.9 Å². The van der Waals surface area contributed by atoms with Crippen molar-refractivity contribution in [1.29, 1.82) is 0 Å². The van der Waals surface area contributed by atoms with Crippen LogP contribution >= 0.6 is 0 Å². The van der Waals surface area contributed by atoms with Crippen molar-refractivity contribution in [2.24, 2.45) is 0 Å². The number of aryl methyl sites for hydroxylation is 4. The molecular weight excluding hydrogens is 815 g/mol. The molecule has 1 radical (unpaired) electrons. The quantitative estimate of drug-likeness (QED) is 0.166. The van der Waals surface area contributed by atoms with Crippen LogP contribution in [0.1, 0.15) is 22.4 Å². The smallest absolute Gasteiger partial charge is 0.216 e. The molecule has 0 aliphatic rings. The second-order valence-electron chi connectivity index (χ2n) is 12.9. The molecule has 4 heterocycles. The number of pyridine rings is 3. The van der Waals surface area contributed by atoms with Gasteiger partial charge in [-0.2, -0.15) is 0 Å². The molecule has 0 aliphatic heterocycles. The van der Waals surface area contributed by atoms with Crippen LogP contribution in [0.5, 0.6) is 0 Å². The first-order chi connectivity index (χ1) is 24.9. The van der Waals surface area contributed by atoms with E-state index in [9.17, 15) is 0 Å². The van der Waals surface area contributed by atoms with Crippen molar-refractivity contribution < 1.29 is 24.5 Å². The number of nitrogens with zero attached hydrogens (tertiary/aromatic N) is 3. The van der Waals surface area contributed by atoms with E-state index in [2.05, 4.69) is 132 Å². The molecule has 0 spiro atoms. The van der Waals surface area contributed by atoms with Gasteiger partial charge < -0.3 is 14.4 Å². The first-order valence-corrected chi connectivity index (χ1v) is 17.1. The predicted octanol–water partition coefficient (Wildman–Crippen LogP) is 12.1. The number of aromatic nitrogens is 3. The van der Waals surface area contributed by atoms with Gasteiger partial charge >= 0.3 is 0 Å². The van der Waals surface area contributed by atoms with Gasteiger partial charge in [-0.3, -0.25) is 0 Å². The molecule has 0 saturated heterocycles. The third kappa shape index (κ3) is 6.81. The summed E-state index contributed by atoms with van der Waals surface area (Å²) in [5.74, 6) is 0. The van der Waals surface area contributed by atoms with E-state index in [1.807, 2.05) is 62.6 Å². The molecule has 5 heteroatoms. The monoisotopic (exact) mass is 850 g/mol. The summed E-state index contributed by atoms with van der Waals surface area (Å²) in [7, 11) is 0. The summed E-state index contributed by atoms with van der Waals surface area (Å²) in [4.78, 5) is 13.7. The van der Waals surface area contributed by atoms with Gasteiger partial charge in [0.05, 0.1) is 5.58 Å². The van der Waals surface area contributed by atoms with E-state index < -0.39 is 0 Å². The van der Waals surface area contributed by atoms with Crippen LogP contribution < -0.4 is 0 Å². The Morgan fingerprint density at radius 2 is 1.44 bits per heavy atom. The Kier molecular flexibility index (Phi) is 9.91. The van der Waals surface area contributed by atoms with Crippen LogP contribution in [0.2, 0.25) is 0 Å². The second kappa shape index (κ2) is 14.9. The second-order valence-corrected chi connectivity index (χ2v) is 12.9. The van der Waals surface area contributed by atoms with E-state index in [-0.39, 0.29) is 20.1 Å². The Morgan fingerprint density at radius 1 is 0.615 bits per heavy atom. The van der Waals surface area contributed by atoms with E-state index in [4.69, 9.17) is 4.42 Å². The van der Waals surface area contributed by atoms with Crippen LogP contribution in [0, 0.1) is 39.8 Å². The molecule has 0 aliphatic carbocycles. The third-order valence-corrected chi connectivity index (χ3v) is 9.39. The average Bonchev–Trinajstić information content (AvgIpc) is 3.54. The molecule has 0 amide bonds. The summed E-state index contributed by atoms with van der Waals surface area (Å²) in [6.45, 7) is 8.31. The maximum absolute atomic E-state index is 6.16. The number of furan rings is 1. The summed E-state index contributed by atoms with van der Waals surface area (Å²) >= 11 is 0. The summed E-state index contributed by atoms with van der Waals surface area (Å²) in [5, 5.41) is 4.56. The SMILES string of the molecule is Cc1ccc(-c2[c-]cc(C)c(-c3ccccc3)c2)nc1.Cc1ccc2c(n1)oc1c(-c3cc(-c4ccc5ccccc5c4C)ccn3)[c-]ccc12.[Ir]. The minimum Gasteiger partial charge on any atom is -0.486 e. The number of benzene rings is 5. The Hall–Kier alpha value is -5.74. The zero-order chi connectivity index (χ0) is 34.9. The van der Waals surface area contributed by atoms with Crippen molar-refractivity contribution in [3.8, 4) is 44.8 Å². The van der Waals surface area contributed by atoms with E-state index in [1.54, 1.807) is 0 Å². The number of hydrogen-bond donors (Lipinski definition) is 0. The van der Waals surface area contributed by atoms with Crippen LogP contribution in [0.15, 0.2) is 144 Å². The van der Waals surface area contributed by atoms with Crippen LogP contribution in [-0.2, 0) is 20.1 Å². The van der Waals surface area contributed by atoms with Crippen molar-refractivity contribution in [2.75, 3.05) is 0 Å². The zero-order valence-corrected chi connectivity index (χ0v) is 31.8. The van der Waals surface area contributed by atoms with E-state index in [0.29, 0.717) is 5.71 Å². The number of fused-ring (bicyclic) bond motifs is 4. The standard InChI is InChI=1S/C28H19N2O.C19H16N.Ir/c1-17-10-12-24-23-8-5-9-25(27(23)31-28(24)30-17)26-16-20(14-15-29-26)22-13-11-19-6-3-4-7-21(19)18(22)2;1-14-8-11-19(20-13-14)17-10-9-15(2)18(12-17)16-6-4-3-5-7-16;/h3-8,10-16H,1-2H3;3-9,11-13H,1-2H3;/q2*-1;.